The predicted octanol–water partition coefficient (Wildman–Crippen LogP) is 0.870. The zero-order valence-corrected chi connectivity index (χ0v) is 10.2. The summed E-state index contributed by atoms with van der Waals surface area (Å²) in [5.74, 6) is -1.28. The van der Waals surface area contributed by atoms with Crippen molar-refractivity contribution in [3.63, 3.8) is 0 Å². The number of hydrogen-bond acceptors (Lipinski definition) is 3. The first-order chi connectivity index (χ1) is 8.43. The Labute approximate surface area is 105 Å². The molecule has 18 heavy (non-hydrogen) atoms. The van der Waals surface area contributed by atoms with Gasteiger partial charge in [-0.1, -0.05) is 6.07 Å². The molecule has 0 aromatic heterocycles. The number of nitrogens with one attached hydrogen (secondary N) is 2. The molecule has 0 heterocycles. The van der Waals surface area contributed by atoms with Crippen molar-refractivity contribution in [1.29, 1.82) is 0 Å². The summed E-state index contributed by atoms with van der Waals surface area (Å²) in [5.41, 5.74) is 2.68. The first-order valence-corrected chi connectivity index (χ1v) is 5.42. The van der Waals surface area contributed by atoms with Gasteiger partial charge in [0.05, 0.1) is 6.61 Å². The second kappa shape index (κ2) is 6.02. The van der Waals surface area contributed by atoms with Gasteiger partial charge in [0, 0.05) is 5.69 Å². The maximum Gasteiger partial charge on any atom is 0.328 e. The first-order valence-electron chi connectivity index (χ1n) is 5.42. The number of aryl methyl sites for hydroxylation is 2. The van der Waals surface area contributed by atoms with Crippen LogP contribution < -0.4 is 10.6 Å². The highest BCUT2D eigenvalue weighted by Gasteiger charge is 2.18. The highest BCUT2D eigenvalue weighted by Crippen LogP contribution is 2.13. The van der Waals surface area contributed by atoms with Gasteiger partial charge in [-0.25, -0.2) is 9.59 Å². The van der Waals surface area contributed by atoms with Gasteiger partial charge in [0.15, 0.2) is 6.04 Å². The van der Waals surface area contributed by atoms with E-state index in [-0.39, 0.29) is 0 Å². The van der Waals surface area contributed by atoms with E-state index < -0.39 is 24.6 Å². The molecule has 98 valence electrons. The molecule has 2 amide bonds. The van der Waals surface area contributed by atoms with Crippen LogP contribution in [0.5, 0.6) is 0 Å². The summed E-state index contributed by atoms with van der Waals surface area (Å²) in [6.07, 6.45) is 0. The van der Waals surface area contributed by atoms with Crippen LogP contribution in [-0.4, -0.2) is 34.9 Å². The van der Waals surface area contributed by atoms with Gasteiger partial charge in [0.2, 0.25) is 0 Å². The Morgan fingerprint density at radius 1 is 1.28 bits per heavy atom. The number of carboxylic acids is 1. The SMILES string of the molecule is Cc1ccc(NC(=O)NC(CO)C(=O)O)cc1C. The van der Waals surface area contributed by atoms with Crippen molar-refractivity contribution in [2.75, 3.05) is 11.9 Å². The Bertz CT molecular complexity index is 459. The summed E-state index contributed by atoms with van der Waals surface area (Å²) < 4.78 is 0. The molecule has 0 aliphatic rings. The smallest absolute Gasteiger partial charge is 0.328 e. The third-order valence-corrected chi connectivity index (χ3v) is 2.55. The van der Waals surface area contributed by atoms with E-state index in [0.29, 0.717) is 5.69 Å². The summed E-state index contributed by atoms with van der Waals surface area (Å²) in [4.78, 5) is 22.1. The number of aliphatic hydroxyl groups excluding tert-OH is 1. The lowest BCUT2D eigenvalue weighted by Gasteiger charge is -2.13. The van der Waals surface area contributed by atoms with Gasteiger partial charge in [-0.15, -0.1) is 0 Å². The second-order valence-corrected chi connectivity index (χ2v) is 3.97. The van der Waals surface area contributed by atoms with Crippen LogP contribution in [0.15, 0.2) is 18.2 Å². The molecule has 0 aliphatic heterocycles. The highest BCUT2D eigenvalue weighted by molar-refractivity contribution is 5.92. The van der Waals surface area contributed by atoms with E-state index in [4.69, 9.17) is 10.2 Å². The van der Waals surface area contributed by atoms with Gasteiger partial charge in [-0.2, -0.15) is 0 Å². The van der Waals surface area contributed by atoms with Gasteiger partial charge in [0.25, 0.3) is 0 Å². The number of hydrogen-bond donors (Lipinski definition) is 4. The monoisotopic (exact) mass is 252 g/mol. The third kappa shape index (κ3) is 3.74. The molecular formula is C12H16N2O4. The molecule has 6 nitrogen and oxygen atoms in total. The number of carboxylic acid groups (broad SMARTS) is 1. The fourth-order valence-corrected chi connectivity index (χ4v) is 1.33. The molecule has 0 aliphatic carbocycles. The van der Waals surface area contributed by atoms with E-state index in [9.17, 15) is 9.59 Å². The van der Waals surface area contributed by atoms with Gasteiger partial charge in [-0.3, -0.25) is 0 Å². The Morgan fingerprint density at radius 3 is 2.44 bits per heavy atom. The number of amides is 2. The van der Waals surface area contributed by atoms with Crippen LogP contribution in [0.2, 0.25) is 0 Å². The molecule has 0 radical (unpaired) electrons. The lowest BCUT2D eigenvalue weighted by molar-refractivity contribution is -0.140. The molecule has 0 spiro atoms. The molecular weight excluding hydrogens is 236 g/mol. The zero-order valence-electron chi connectivity index (χ0n) is 10.2. The molecule has 1 rings (SSSR count). The highest BCUT2D eigenvalue weighted by atomic mass is 16.4. The summed E-state index contributed by atoms with van der Waals surface area (Å²) in [6.45, 7) is 3.20. The zero-order chi connectivity index (χ0) is 13.7. The quantitative estimate of drug-likeness (QED) is 0.639. The van der Waals surface area contributed by atoms with Crippen LogP contribution in [0.1, 0.15) is 11.1 Å². The van der Waals surface area contributed by atoms with E-state index in [0.717, 1.165) is 11.1 Å². The Morgan fingerprint density at radius 2 is 1.94 bits per heavy atom. The number of carbonyl (C=O) groups is 2. The fourth-order valence-electron chi connectivity index (χ4n) is 1.33. The minimum atomic E-state index is -1.31. The molecule has 6 heteroatoms. The standard InChI is InChI=1S/C12H16N2O4/c1-7-3-4-9(5-8(7)2)13-12(18)14-10(6-15)11(16)17/h3-5,10,15H,6H2,1-2H3,(H,16,17)(H2,13,14,18). The number of carbonyl (C=O) groups excluding carboxylic acids is 1. The average Bonchev–Trinajstić information content (AvgIpc) is 2.30. The largest absolute Gasteiger partial charge is 0.480 e. The molecule has 0 fully saturated rings. The third-order valence-electron chi connectivity index (χ3n) is 2.55. The molecule has 1 atom stereocenters. The minimum absolute atomic E-state index is 0.567. The van der Waals surface area contributed by atoms with Crippen LogP contribution >= 0.6 is 0 Å². The van der Waals surface area contributed by atoms with Gasteiger partial charge in [-0.05, 0) is 37.1 Å². The number of aliphatic hydroxyl groups is 1. The topological polar surface area (TPSA) is 98.7 Å². The van der Waals surface area contributed by atoms with Gasteiger partial charge < -0.3 is 20.8 Å². The maximum absolute atomic E-state index is 11.5. The maximum atomic E-state index is 11.5. The van der Waals surface area contributed by atoms with Crippen molar-refractivity contribution in [2.45, 2.75) is 19.9 Å². The lowest BCUT2D eigenvalue weighted by atomic mass is 10.1. The summed E-state index contributed by atoms with van der Waals surface area (Å²) >= 11 is 0. The number of urea groups is 1. The van der Waals surface area contributed by atoms with E-state index in [2.05, 4.69) is 10.6 Å². The second-order valence-electron chi connectivity index (χ2n) is 3.97. The summed E-state index contributed by atoms with van der Waals surface area (Å²) in [5, 5.41) is 22.1. The van der Waals surface area contributed by atoms with Crippen LogP contribution in [0.3, 0.4) is 0 Å². The molecule has 0 saturated carbocycles. The van der Waals surface area contributed by atoms with Crippen LogP contribution in [0.4, 0.5) is 10.5 Å². The fraction of sp³-hybridized carbons (Fsp3) is 0.333. The van der Waals surface area contributed by atoms with Crippen molar-refractivity contribution in [3.8, 4) is 0 Å². The molecule has 0 bridgehead atoms. The van der Waals surface area contributed by atoms with Crippen molar-refractivity contribution in [1.82, 2.24) is 5.32 Å². The number of benzene rings is 1. The van der Waals surface area contributed by atoms with Gasteiger partial charge >= 0.3 is 12.0 Å². The van der Waals surface area contributed by atoms with E-state index >= 15 is 0 Å². The number of aliphatic carboxylic acids is 1. The average molecular weight is 252 g/mol. The molecule has 1 aromatic carbocycles. The molecule has 0 saturated heterocycles. The van der Waals surface area contributed by atoms with Crippen molar-refractivity contribution in [2.24, 2.45) is 0 Å². The minimum Gasteiger partial charge on any atom is -0.480 e. The summed E-state index contributed by atoms with van der Waals surface area (Å²) in [6, 6.07) is 3.38. The lowest BCUT2D eigenvalue weighted by Crippen LogP contribution is -2.45. The Kier molecular flexibility index (Phi) is 4.67. The van der Waals surface area contributed by atoms with Crippen LogP contribution in [0.25, 0.3) is 0 Å². The number of rotatable bonds is 4. The van der Waals surface area contributed by atoms with Crippen molar-refractivity contribution >= 4 is 17.7 Å². The van der Waals surface area contributed by atoms with E-state index in [1.165, 1.54) is 0 Å². The molecule has 4 N–H and O–H groups in total. The first kappa shape index (κ1) is 14.0. The number of anilines is 1. The van der Waals surface area contributed by atoms with Crippen molar-refractivity contribution < 1.29 is 19.8 Å². The van der Waals surface area contributed by atoms with Crippen LogP contribution in [-0.2, 0) is 4.79 Å². The summed E-state index contributed by atoms with van der Waals surface area (Å²) in [7, 11) is 0. The van der Waals surface area contributed by atoms with Gasteiger partial charge in [0.1, 0.15) is 0 Å². The molecule has 1 unspecified atom stereocenters. The molecule has 1 aromatic rings. The Hall–Kier alpha value is -2.08. The normalized spacial score (nSPS) is 11.7. The predicted molar refractivity (Wildman–Crippen MR) is 66.6 cm³/mol. The van der Waals surface area contributed by atoms with E-state index in [1.807, 2.05) is 19.9 Å². The van der Waals surface area contributed by atoms with E-state index in [1.54, 1.807) is 12.1 Å². The van der Waals surface area contributed by atoms with Crippen molar-refractivity contribution in [3.05, 3.63) is 29.3 Å². The van der Waals surface area contributed by atoms with Crippen LogP contribution in [0, 0.1) is 13.8 Å². The Balaban J connectivity index is 2.64.